The molecule has 4 nitrogen and oxygen atoms in total. The zero-order valence-electron chi connectivity index (χ0n) is 13.0. The average molecular weight is 289 g/mol. The largest absolute Gasteiger partial charge is 0.443 e. The third kappa shape index (κ3) is 4.31. The highest BCUT2D eigenvalue weighted by molar-refractivity contribution is 5.94. The monoisotopic (exact) mass is 289 g/mol. The van der Waals surface area contributed by atoms with Crippen LogP contribution in [0.3, 0.4) is 0 Å². The van der Waals surface area contributed by atoms with Gasteiger partial charge in [-0.2, -0.15) is 0 Å². The molecule has 1 saturated heterocycles. The van der Waals surface area contributed by atoms with Crippen LogP contribution in [0.2, 0.25) is 0 Å². The lowest BCUT2D eigenvalue weighted by molar-refractivity contribution is -0.137. The van der Waals surface area contributed by atoms with Gasteiger partial charge in [0, 0.05) is 12.5 Å². The number of benzene rings is 1. The Morgan fingerprint density at radius 1 is 1.29 bits per heavy atom. The summed E-state index contributed by atoms with van der Waals surface area (Å²) in [5.74, 6) is -0.243. The molecule has 1 aromatic carbocycles. The van der Waals surface area contributed by atoms with Crippen LogP contribution < -0.4 is 0 Å². The van der Waals surface area contributed by atoms with Gasteiger partial charge < -0.3 is 4.74 Å². The van der Waals surface area contributed by atoms with Crippen LogP contribution in [0, 0.1) is 5.92 Å². The molecule has 21 heavy (non-hydrogen) atoms. The van der Waals surface area contributed by atoms with Crippen molar-refractivity contribution in [1.29, 1.82) is 0 Å². The van der Waals surface area contributed by atoms with E-state index in [9.17, 15) is 9.59 Å². The average Bonchev–Trinajstić information content (AvgIpc) is 2.40. The molecule has 1 atom stereocenters. The first-order chi connectivity index (χ1) is 9.87. The van der Waals surface area contributed by atoms with Crippen LogP contribution in [0.5, 0.6) is 0 Å². The Morgan fingerprint density at radius 2 is 1.95 bits per heavy atom. The van der Waals surface area contributed by atoms with Crippen molar-refractivity contribution >= 4 is 12.0 Å². The summed E-state index contributed by atoms with van der Waals surface area (Å²) < 4.78 is 5.31. The van der Waals surface area contributed by atoms with Crippen molar-refractivity contribution in [3.8, 4) is 0 Å². The molecule has 0 unspecified atom stereocenters. The number of nitrogens with zero attached hydrogens (tertiary/aromatic N) is 1. The van der Waals surface area contributed by atoms with Gasteiger partial charge in [-0.15, -0.1) is 0 Å². The van der Waals surface area contributed by atoms with Crippen molar-refractivity contribution in [1.82, 2.24) is 4.90 Å². The van der Waals surface area contributed by atoms with Gasteiger partial charge in [0.15, 0.2) is 0 Å². The Balaban J connectivity index is 2.03. The number of hydrogen-bond acceptors (Lipinski definition) is 3. The number of amides is 2. The fourth-order valence-corrected chi connectivity index (χ4v) is 2.54. The van der Waals surface area contributed by atoms with Crippen molar-refractivity contribution < 1.29 is 14.3 Å². The molecule has 0 aromatic heterocycles. The molecule has 1 heterocycles. The highest BCUT2D eigenvalue weighted by atomic mass is 16.6. The van der Waals surface area contributed by atoms with Crippen molar-refractivity contribution in [2.45, 2.75) is 45.6 Å². The second kappa shape index (κ2) is 6.29. The molecule has 0 N–H and O–H groups in total. The van der Waals surface area contributed by atoms with Crippen LogP contribution in [0.1, 0.15) is 39.2 Å². The van der Waals surface area contributed by atoms with Crippen LogP contribution in [-0.4, -0.2) is 29.0 Å². The molecule has 1 aliphatic heterocycles. The first kappa shape index (κ1) is 15.5. The van der Waals surface area contributed by atoms with E-state index in [1.165, 1.54) is 4.90 Å². The molecule has 0 saturated carbocycles. The minimum atomic E-state index is -0.580. The van der Waals surface area contributed by atoms with Crippen molar-refractivity contribution in [2.24, 2.45) is 5.92 Å². The second-order valence-electron chi connectivity index (χ2n) is 6.50. The quantitative estimate of drug-likeness (QED) is 0.838. The van der Waals surface area contributed by atoms with Gasteiger partial charge in [0.25, 0.3) is 0 Å². The van der Waals surface area contributed by atoms with Crippen molar-refractivity contribution in [3.05, 3.63) is 35.9 Å². The third-order valence-electron chi connectivity index (χ3n) is 3.49. The summed E-state index contributed by atoms with van der Waals surface area (Å²) in [6.07, 6.45) is 1.82. The third-order valence-corrected chi connectivity index (χ3v) is 3.49. The van der Waals surface area contributed by atoms with E-state index in [4.69, 9.17) is 4.74 Å². The summed E-state index contributed by atoms with van der Waals surface area (Å²) in [4.78, 5) is 25.9. The van der Waals surface area contributed by atoms with Crippen LogP contribution in [0.4, 0.5) is 4.79 Å². The zero-order valence-corrected chi connectivity index (χ0v) is 13.0. The summed E-state index contributed by atoms with van der Waals surface area (Å²) in [6.45, 7) is 5.88. The molecule has 114 valence electrons. The van der Waals surface area contributed by atoms with E-state index in [-0.39, 0.29) is 11.8 Å². The summed E-state index contributed by atoms with van der Waals surface area (Å²) in [7, 11) is 0. The SMILES string of the molecule is CC(C)(C)OC(=O)N1CCC[C@H](Cc2ccccc2)C1=O. The molecule has 1 fully saturated rings. The van der Waals surface area contributed by atoms with E-state index in [0.29, 0.717) is 13.0 Å². The lowest BCUT2D eigenvalue weighted by Crippen LogP contribution is -2.47. The molecule has 2 rings (SSSR count). The van der Waals surface area contributed by atoms with Crippen LogP contribution in [-0.2, 0) is 16.0 Å². The topological polar surface area (TPSA) is 46.6 Å². The van der Waals surface area contributed by atoms with Gasteiger partial charge in [-0.1, -0.05) is 30.3 Å². The van der Waals surface area contributed by atoms with Gasteiger partial charge in [0.05, 0.1) is 0 Å². The van der Waals surface area contributed by atoms with Gasteiger partial charge in [-0.25, -0.2) is 9.69 Å². The standard InChI is InChI=1S/C17H23NO3/c1-17(2,3)21-16(20)18-11-7-10-14(15(18)19)12-13-8-5-4-6-9-13/h4-6,8-9,14H,7,10-12H2,1-3H3/t14-/m1/s1. The molecule has 0 bridgehead atoms. The number of piperidine rings is 1. The van der Waals surface area contributed by atoms with E-state index >= 15 is 0 Å². The molecule has 2 amide bonds. The maximum absolute atomic E-state index is 12.5. The van der Waals surface area contributed by atoms with Gasteiger partial charge in [0.1, 0.15) is 5.60 Å². The Labute approximate surface area is 126 Å². The number of imide groups is 1. The number of ether oxygens (including phenoxy) is 1. The zero-order chi connectivity index (χ0) is 15.5. The smallest absolute Gasteiger partial charge is 0.417 e. The summed E-state index contributed by atoms with van der Waals surface area (Å²) in [6, 6.07) is 9.92. The fourth-order valence-electron chi connectivity index (χ4n) is 2.54. The predicted molar refractivity (Wildman–Crippen MR) is 80.8 cm³/mol. The molecule has 0 aliphatic carbocycles. The summed E-state index contributed by atoms with van der Waals surface area (Å²) in [5.41, 5.74) is 0.547. The number of rotatable bonds is 2. The summed E-state index contributed by atoms with van der Waals surface area (Å²) >= 11 is 0. The first-order valence-electron chi connectivity index (χ1n) is 7.45. The van der Waals surface area contributed by atoms with Crippen molar-refractivity contribution in [3.63, 3.8) is 0 Å². The molecule has 4 heteroatoms. The first-order valence-corrected chi connectivity index (χ1v) is 7.45. The Kier molecular flexibility index (Phi) is 4.66. The highest BCUT2D eigenvalue weighted by Gasteiger charge is 2.35. The Morgan fingerprint density at radius 3 is 2.57 bits per heavy atom. The maximum Gasteiger partial charge on any atom is 0.417 e. The highest BCUT2D eigenvalue weighted by Crippen LogP contribution is 2.23. The summed E-state index contributed by atoms with van der Waals surface area (Å²) in [5, 5.41) is 0. The lowest BCUT2D eigenvalue weighted by atomic mass is 9.90. The Bertz CT molecular complexity index is 505. The van der Waals surface area contributed by atoms with E-state index in [2.05, 4.69) is 0 Å². The number of carbonyl (C=O) groups is 2. The lowest BCUT2D eigenvalue weighted by Gasteiger charge is -2.32. The number of carbonyl (C=O) groups excluding carboxylic acids is 2. The molecule has 1 aromatic rings. The van der Waals surface area contributed by atoms with Gasteiger partial charge in [0.2, 0.25) is 5.91 Å². The van der Waals surface area contributed by atoms with E-state index < -0.39 is 11.7 Å². The molecule has 0 radical (unpaired) electrons. The minimum Gasteiger partial charge on any atom is -0.443 e. The second-order valence-corrected chi connectivity index (χ2v) is 6.50. The van der Waals surface area contributed by atoms with Gasteiger partial charge >= 0.3 is 6.09 Å². The number of likely N-dealkylation sites (tertiary alicyclic amines) is 1. The van der Waals surface area contributed by atoms with Crippen LogP contribution in [0.15, 0.2) is 30.3 Å². The normalized spacial score (nSPS) is 19.5. The van der Waals surface area contributed by atoms with E-state index in [1.54, 1.807) is 20.8 Å². The molecular formula is C17H23NO3. The van der Waals surface area contributed by atoms with E-state index in [1.807, 2.05) is 30.3 Å². The van der Waals surface area contributed by atoms with Crippen molar-refractivity contribution in [2.75, 3.05) is 6.54 Å². The van der Waals surface area contributed by atoms with E-state index in [0.717, 1.165) is 18.4 Å². The van der Waals surface area contributed by atoms with Crippen LogP contribution >= 0.6 is 0 Å². The number of hydrogen-bond donors (Lipinski definition) is 0. The Hall–Kier alpha value is -1.84. The molecule has 0 spiro atoms. The van der Waals surface area contributed by atoms with Gasteiger partial charge in [-0.05, 0) is 45.6 Å². The maximum atomic E-state index is 12.5. The molecular weight excluding hydrogens is 266 g/mol. The fraction of sp³-hybridized carbons (Fsp3) is 0.529. The minimum absolute atomic E-state index is 0.112. The van der Waals surface area contributed by atoms with Crippen LogP contribution in [0.25, 0.3) is 0 Å². The van der Waals surface area contributed by atoms with Gasteiger partial charge in [-0.3, -0.25) is 4.79 Å². The predicted octanol–water partition coefficient (Wildman–Crippen LogP) is 3.40. The molecule has 1 aliphatic rings.